The molecule has 2 atom stereocenters. The highest BCUT2D eigenvalue weighted by atomic mass is 31.1. The van der Waals surface area contributed by atoms with Gasteiger partial charge in [0.05, 0.1) is 12.2 Å². The van der Waals surface area contributed by atoms with Gasteiger partial charge in [-0.2, -0.15) is 0 Å². The summed E-state index contributed by atoms with van der Waals surface area (Å²) < 4.78 is 5.53. The molecule has 0 aliphatic carbocycles. The Balaban J connectivity index is 2.40. The standard InChI is InChI=1S/C13H19O3P/c1-13(2,12(15)10-14)16-17-9-8-11-6-4-3-5-7-11/h3-9,12,14-15,17H,10H2,1-2H3. The fourth-order valence-corrected chi connectivity index (χ4v) is 1.94. The van der Waals surface area contributed by atoms with E-state index in [1.807, 2.05) is 42.2 Å². The van der Waals surface area contributed by atoms with Crippen LogP contribution in [0.3, 0.4) is 0 Å². The summed E-state index contributed by atoms with van der Waals surface area (Å²) in [6, 6.07) is 9.94. The molecule has 0 heterocycles. The molecule has 0 radical (unpaired) electrons. The van der Waals surface area contributed by atoms with Crippen LogP contribution in [0.4, 0.5) is 0 Å². The van der Waals surface area contributed by atoms with E-state index in [-0.39, 0.29) is 15.4 Å². The van der Waals surface area contributed by atoms with Gasteiger partial charge >= 0.3 is 0 Å². The second-order valence-electron chi connectivity index (χ2n) is 4.27. The van der Waals surface area contributed by atoms with Crippen LogP contribution in [0.1, 0.15) is 19.4 Å². The summed E-state index contributed by atoms with van der Waals surface area (Å²) in [5.41, 5.74) is 0.387. The molecule has 4 heteroatoms. The maximum absolute atomic E-state index is 9.51. The number of benzene rings is 1. The Bertz CT molecular complexity index is 349. The highest BCUT2D eigenvalue weighted by Gasteiger charge is 2.27. The summed E-state index contributed by atoms with van der Waals surface area (Å²) in [6.07, 6.45) is 1.11. The van der Waals surface area contributed by atoms with Crippen molar-refractivity contribution in [3.05, 3.63) is 41.7 Å². The SMILES string of the molecule is CC(C)(OPC=Cc1ccccc1)C(O)CO. The molecule has 17 heavy (non-hydrogen) atoms. The Hall–Kier alpha value is -0.730. The van der Waals surface area contributed by atoms with Crippen LogP contribution in [0.2, 0.25) is 0 Å². The first-order valence-corrected chi connectivity index (χ1v) is 6.49. The lowest BCUT2D eigenvalue weighted by Gasteiger charge is -2.28. The maximum atomic E-state index is 9.51. The van der Waals surface area contributed by atoms with Gasteiger partial charge < -0.3 is 14.7 Å². The zero-order valence-corrected chi connectivity index (χ0v) is 11.1. The third kappa shape index (κ3) is 4.97. The monoisotopic (exact) mass is 254 g/mol. The van der Waals surface area contributed by atoms with Gasteiger partial charge in [-0.05, 0) is 25.2 Å². The van der Waals surface area contributed by atoms with Gasteiger partial charge in [-0.15, -0.1) is 0 Å². The number of hydrogen-bond donors (Lipinski definition) is 2. The van der Waals surface area contributed by atoms with Crippen molar-refractivity contribution in [3.63, 3.8) is 0 Å². The van der Waals surface area contributed by atoms with Crippen molar-refractivity contribution >= 4 is 14.9 Å². The van der Waals surface area contributed by atoms with Crippen LogP contribution in [0.25, 0.3) is 6.08 Å². The van der Waals surface area contributed by atoms with E-state index < -0.39 is 11.7 Å². The number of rotatable bonds is 6. The molecule has 0 saturated carbocycles. The van der Waals surface area contributed by atoms with E-state index >= 15 is 0 Å². The van der Waals surface area contributed by atoms with Crippen molar-refractivity contribution in [2.75, 3.05) is 6.61 Å². The normalized spacial score (nSPS) is 14.8. The van der Waals surface area contributed by atoms with E-state index in [1.54, 1.807) is 13.8 Å². The van der Waals surface area contributed by atoms with Crippen LogP contribution in [-0.4, -0.2) is 28.5 Å². The Labute approximate surface area is 104 Å². The third-order valence-electron chi connectivity index (χ3n) is 2.44. The minimum Gasteiger partial charge on any atom is -0.394 e. The molecule has 2 N–H and O–H groups in total. The molecule has 0 aliphatic rings. The molecule has 0 aliphatic heterocycles. The van der Waals surface area contributed by atoms with Crippen LogP contribution >= 0.6 is 8.81 Å². The summed E-state index contributed by atoms with van der Waals surface area (Å²) in [7, 11) is 0.153. The Morgan fingerprint density at radius 3 is 2.59 bits per heavy atom. The van der Waals surface area contributed by atoms with Gasteiger partial charge in [0, 0.05) is 8.81 Å². The van der Waals surface area contributed by atoms with Crippen molar-refractivity contribution in [3.8, 4) is 0 Å². The molecule has 0 bridgehead atoms. The molecule has 1 rings (SSSR count). The summed E-state index contributed by atoms with van der Waals surface area (Å²) in [6.45, 7) is 3.23. The predicted molar refractivity (Wildman–Crippen MR) is 72.0 cm³/mol. The van der Waals surface area contributed by atoms with Crippen LogP contribution < -0.4 is 0 Å². The largest absolute Gasteiger partial charge is 0.394 e. The summed E-state index contributed by atoms with van der Waals surface area (Å²) in [5, 5.41) is 18.4. The first-order valence-electron chi connectivity index (χ1n) is 5.50. The lowest BCUT2D eigenvalue weighted by Crippen LogP contribution is -2.39. The van der Waals surface area contributed by atoms with Gasteiger partial charge in [0.2, 0.25) is 0 Å². The minimum absolute atomic E-state index is 0.153. The first-order chi connectivity index (χ1) is 8.06. The first kappa shape index (κ1) is 14.3. The molecule has 0 amide bonds. The van der Waals surface area contributed by atoms with Gasteiger partial charge in [-0.1, -0.05) is 36.4 Å². The van der Waals surface area contributed by atoms with Crippen LogP contribution in [0, 0.1) is 0 Å². The molecule has 0 saturated heterocycles. The second-order valence-corrected chi connectivity index (χ2v) is 5.04. The Morgan fingerprint density at radius 2 is 2.00 bits per heavy atom. The summed E-state index contributed by atoms with van der Waals surface area (Å²) in [5.74, 6) is 1.92. The summed E-state index contributed by atoms with van der Waals surface area (Å²) in [4.78, 5) is 0. The van der Waals surface area contributed by atoms with Gasteiger partial charge in [0.1, 0.15) is 6.10 Å². The molecule has 94 valence electrons. The van der Waals surface area contributed by atoms with E-state index in [4.69, 9.17) is 9.63 Å². The van der Waals surface area contributed by atoms with E-state index in [9.17, 15) is 5.11 Å². The highest BCUT2D eigenvalue weighted by Crippen LogP contribution is 2.27. The molecule has 0 fully saturated rings. The second kappa shape index (κ2) is 6.87. The van der Waals surface area contributed by atoms with Crippen molar-refractivity contribution in [2.24, 2.45) is 0 Å². The molecule has 0 aromatic heterocycles. The minimum atomic E-state index is -0.861. The van der Waals surface area contributed by atoms with Gasteiger partial charge in [-0.3, -0.25) is 0 Å². The highest BCUT2D eigenvalue weighted by molar-refractivity contribution is 7.36. The zero-order chi connectivity index (χ0) is 12.7. The van der Waals surface area contributed by atoms with Crippen LogP contribution in [0.5, 0.6) is 0 Å². The van der Waals surface area contributed by atoms with E-state index in [0.717, 1.165) is 5.56 Å². The molecule has 2 unspecified atom stereocenters. The molecule has 1 aromatic carbocycles. The fourth-order valence-electron chi connectivity index (χ4n) is 1.17. The maximum Gasteiger partial charge on any atom is 0.106 e. The fraction of sp³-hybridized carbons (Fsp3) is 0.385. The third-order valence-corrected chi connectivity index (χ3v) is 3.39. The predicted octanol–water partition coefficient (Wildman–Crippen LogP) is 2.40. The van der Waals surface area contributed by atoms with Gasteiger partial charge in [0.25, 0.3) is 0 Å². The topological polar surface area (TPSA) is 49.7 Å². The average Bonchev–Trinajstić information content (AvgIpc) is 2.35. The van der Waals surface area contributed by atoms with Crippen LogP contribution in [-0.2, 0) is 4.52 Å². The lowest BCUT2D eigenvalue weighted by atomic mass is 10.0. The number of hydrogen-bond acceptors (Lipinski definition) is 3. The molecular formula is C13H19O3P. The smallest absolute Gasteiger partial charge is 0.106 e. The summed E-state index contributed by atoms with van der Waals surface area (Å²) >= 11 is 0. The van der Waals surface area contributed by atoms with Crippen molar-refractivity contribution in [1.29, 1.82) is 0 Å². The van der Waals surface area contributed by atoms with E-state index in [1.165, 1.54) is 0 Å². The van der Waals surface area contributed by atoms with Crippen molar-refractivity contribution in [1.82, 2.24) is 0 Å². The number of aliphatic hydroxyl groups is 2. The average molecular weight is 254 g/mol. The molecule has 0 spiro atoms. The van der Waals surface area contributed by atoms with E-state index in [0.29, 0.717) is 0 Å². The van der Waals surface area contributed by atoms with E-state index in [2.05, 4.69) is 0 Å². The van der Waals surface area contributed by atoms with Gasteiger partial charge in [-0.25, -0.2) is 0 Å². The Kier molecular flexibility index (Phi) is 5.79. The Morgan fingerprint density at radius 1 is 1.35 bits per heavy atom. The lowest BCUT2D eigenvalue weighted by molar-refractivity contribution is -0.0462. The quantitative estimate of drug-likeness (QED) is 0.766. The van der Waals surface area contributed by atoms with Crippen LogP contribution in [0.15, 0.2) is 36.1 Å². The number of aliphatic hydroxyl groups excluding tert-OH is 2. The molecular weight excluding hydrogens is 235 g/mol. The van der Waals surface area contributed by atoms with Crippen molar-refractivity contribution < 1.29 is 14.7 Å². The zero-order valence-electron chi connectivity index (χ0n) is 10.1. The molecule has 3 nitrogen and oxygen atoms in total. The van der Waals surface area contributed by atoms with Gasteiger partial charge in [0.15, 0.2) is 0 Å². The van der Waals surface area contributed by atoms with Crippen molar-refractivity contribution in [2.45, 2.75) is 25.6 Å². The molecule has 1 aromatic rings.